The van der Waals surface area contributed by atoms with Crippen LogP contribution in [0.3, 0.4) is 0 Å². The number of fused-ring (bicyclic) bond motifs is 4. The molecule has 1 aliphatic carbocycles. The summed E-state index contributed by atoms with van der Waals surface area (Å²) >= 11 is 0. The number of amides is 1. The first kappa shape index (κ1) is 16.3. The standard InChI is InChI=1S/C22H16N4O2/c23-12-15-11-17(21(27)24-16-9-8-13-4-3-5-14(13)10-16)22(28)26-19-7-2-1-6-18(19)25-20(15)26/h1-2,6-11,25H,3-5H2,(H,24,27). The molecule has 0 aliphatic heterocycles. The molecule has 0 radical (unpaired) electrons. The highest BCUT2D eigenvalue weighted by molar-refractivity contribution is 6.05. The van der Waals surface area contributed by atoms with Gasteiger partial charge in [-0.15, -0.1) is 0 Å². The fraction of sp³-hybridized carbons (Fsp3) is 0.136. The van der Waals surface area contributed by atoms with Crippen LogP contribution in [0.5, 0.6) is 0 Å². The second-order valence-electron chi connectivity index (χ2n) is 7.01. The van der Waals surface area contributed by atoms with Gasteiger partial charge in [0.15, 0.2) is 0 Å². The lowest BCUT2D eigenvalue weighted by molar-refractivity contribution is 0.102. The first-order chi connectivity index (χ1) is 13.7. The molecular formula is C22H16N4O2. The molecule has 2 N–H and O–H groups in total. The normalized spacial score (nSPS) is 12.8. The summed E-state index contributed by atoms with van der Waals surface area (Å²) < 4.78 is 1.39. The van der Waals surface area contributed by atoms with E-state index >= 15 is 0 Å². The number of para-hydroxylation sites is 2. The molecule has 2 aromatic heterocycles. The Morgan fingerprint density at radius 3 is 2.79 bits per heavy atom. The van der Waals surface area contributed by atoms with Gasteiger partial charge < -0.3 is 10.3 Å². The molecule has 1 amide bonds. The van der Waals surface area contributed by atoms with Crippen molar-refractivity contribution in [3.8, 4) is 6.07 Å². The van der Waals surface area contributed by atoms with Crippen LogP contribution in [0.4, 0.5) is 5.69 Å². The number of pyridine rings is 1. The monoisotopic (exact) mass is 368 g/mol. The number of aromatic nitrogens is 2. The van der Waals surface area contributed by atoms with E-state index in [4.69, 9.17) is 0 Å². The van der Waals surface area contributed by atoms with E-state index in [1.54, 1.807) is 6.07 Å². The fourth-order valence-electron chi connectivity index (χ4n) is 3.97. The number of hydrogen-bond acceptors (Lipinski definition) is 3. The highest BCUT2D eigenvalue weighted by Gasteiger charge is 2.19. The summed E-state index contributed by atoms with van der Waals surface area (Å²) in [7, 11) is 0. The van der Waals surface area contributed by atoms with E-state index in [-0.39, 0.29) is 11.1 Å². The van der Waals surface area contributed by atoms with Crippen molar-refractivity contribution in [1.29, 1.82) is 5.26 Å². The maximum atomic E-state index is 13.1. The number of nitriles is 1. The number of anilines is 1. The van der Waals surface area contributed by atoms with Crippen LogP contribution in [0.25, 0.3) is 16.7 Å². The highest BCUT2D eigenvalue weighted by Crippen LogP contribution is 2.25. The Morgan fingerprint density at radius 2 is 1.93 bits per heavy atom. The van der Waals surface area contributed by atoms with E-state index in [9.17, 15) is 14.9 Å². The number of rotatable bonds is 2. The average molecular weight is 368 g/mol. The Kier molecular flexibility index (Phi) is 3.56. The summed E-state index contributed by atoms with van der Waals surface area (Å²) in [6.45, 7) is 0. The number of nitrogens with one attached hydrogen (secondary N) is 2. The lowest BCUT2D eigenvalue weighted by atomic mass is 10.1. The smallest absolute Gasteiger partial charge is 0.269 e. The number of hydrogen-bond donors (Lipinski definition) is 2. The summed E-state index contributed by atoms with van der Waals surface area (Å²) in [6, 6.07) is 16.5. The highest BCUT2D eigenvalue weighted by atomic mass is 16.2. The van der Waals surface area contributed by atoms with Crippen LogP contribution in [0.1, 0.15) is 33.5 Å². The van der Waals surface area contributed by atoms with Crippen molar-refractivity contribution in [3.63, 3.8) is 0 Å². The molecule has 0 fully saturated rings. The molecule has 1 aliphatic rings. The molecule has 6 heteroatoms. The van der Waals surface area contributed by atoms with Crippen LogP contribution in [0.2, 0.25) is 0 Å². The molecule has 0 saturated carbocycles. The molecule has 136 valence electrons. The molecule has 28 heavy (non-hydrogen) atoms. The zero-order chi connectivity index (χ0) is 19.3. The molecule has 5 rings (SSSR count). The molecule has 2 aromatic carbocycles. The molecule has 0 unspecified atom stereocenters. The van der Waals surface area contributed by atoms with Gasteiger partial charge in [-0.3, -0.25) is 14.0 Å². The van der Waals surface area contributed by atoms with Gasteiger partial charge in [0.25, 0.3) is 11.5 Å². The summed E-state index contributed by atoms with van der Waals surface area (Å²) in [5, 5.41) is 12.3. The van der Waals surface area contributed by atoms with Gasteiger partial charge in [-0.2, -0.15) is 5.26 Å². The molecular weight excluding hydrogens is 352 g/mol. The summed E-state index contributed by atoms with van der Waals surface area (Å²) in [5.41, 5.74) is 4.69. The second kappa shape index (κ2) is 6.10. The Hall–Kier alpha value is -3.85. The van der Waals surface area contributed by atoms with Crippen LogP contribution in [-0.2, 0) is 12.8 Å². The molecule has 0 spiro atoms. The van der Waals surface area contributed by atoms with E-state index < -0.39 is 11.5 Å². The third kappa shape index (κ3) is 2.41. The molecule has 0 bridgehead atoms. The van der Waals surface area contributed by atoms with Crippen molar-refractivity contribution in [2.24, 2.45) is 0 Å². The van der Waals surface area contributed by atoms with Gasteiger partial charge in [-0.05, 0) is 60.7 Å². The Labute approximate surface area is 160 Å². The van der Waals surface area contributed by atoms with E-state index in [1.165, 1.54) is 21.6 Å². The van der Waals surface area contributed by atoms with Gasteiger partial charge in [-0.25, -0.2) is 0 Å². The van der Waals surface area contributed by atoms with Crippen molar-refractivity contribution in [3.05, 3.63) is 81.1 Å². The number of nitrogens with zero attached hydrogens (tertiary/aromatic N) is 2. The maximum absolute atomic E-state index is 13.1. The zero-order valence-electron chi connectivity index (χ0n) is 15.0. The van der Waals surface area contributed by atoms with Gasteiger partial charge in [0, 0.05) is 5.69 Å². The SMILES string of the molecule is N#Cc1cc(C(=O)Nc2ccc3c(c2)CCC3)c(=O)n2c1[nH]c1ccccc12. The Morgan fingerprint density at radius 1 is 1.11 bits per heavy atom. The van der Waals surface area contributed by atoms with Crippen molar-refractivity contribution < 1.29 is 4.79 Å². The first-order valence-electron chi connectivity index (χ1n) is 9.15. The topological polar surface area (TPSA) is 90.2 Å². The van der Waals surface area contributed by atoms with Crippen LogP contribution in [0, 0.1) is 11.3 Å². The average Bonchev–Trinajstić information content (AvgIpc) is 3.32. The summed E-state index contributed by atoms with van der Waals surface area (Å²) in [5.74, 6) is -0.515. The molecule has 0 atom stereocenters. The predicted molar refractivity (Wildman–Crippen MR) is 107 cm³/mol. The molecule has 6 nitrogen and oxygen atoms in total. The third-order valence-corrected chi connectivity index (χ3v) is 5.32. The van der Waals surface area contributed by atoms with Crippen LogP contribution < -0.4 is 10.9 Å². The quantitative estimate of drug-likeness (QED) is 0.568. The maximum Gasteiger partial charge on any atom is 0.269 e. The Balaban J connectivity index is 1.63. The van der Waals surface area contributed by atoms with Crippen molar-refractivity contribution in [2.75, 3.05) is 5.32 Å². The zero-order valence-corrected chi connectivity index (χ0v) is 15.0. The van der Waals surface area contributed by atoms with Crippen LogP contribution >= 0.6 is 0 Å². The molecule has 4 aromatic rings. The van der Waals surface area contributed by atoms with Gasteiger partial charge >= 0.3 is 0 Å². The lowest BCUT2D eigenvalue weighted by Crippen LogP contribution is -2.26. The molecule has 2 heterocycles. The van der Waals surface area contributed by atoms with Crippen LogP contribution in [-0.4, -0.2) is 15.3 Å². The number of benzene rings is 2. The number of imidazole rings is 1. The minimum absolute atomic E-state index is 0.0562. The second-order valence-corrected chi connectivity index (χ2v) is 7.01. The van der Waals surface area contributed by atoms with Gasteiger partial charge in [0.1, 0.15) is 17.3 Å². The minimum atomic E-state index is -0.515. The van der Waals surface area contributed by atoms with Gasteiger partial charge in [-0.1, -0.05) is 18.2 Å². The van der Waals surface area contributed by atoms with Crippen molar-refractivity contribution in [2.45, 2.75) is 19.3 Å². The van der Waals surface area contributed by atoms with Crippen LogP contribution in [0.15, 0.2) is 53.3 Å². The van der Waals surface area contributed by atoms with Crippen molar-refractivity contribution in [1.82, 2.24) is 9.38 Å². The van der Waals surface area contributed by atoms with E-state index in [0.29, 0.717) is 16.9 Å². The minimum Gasteiger partial charge on any atom is -0.338 e. The van der Waals surface area contributed by atoms with Gasteiger partial charge in [0.2, 0.25) is 0 Å². The van der Waals surface area contributed by atoms with Crippen molar-refractivity contribution >= 4 is 28.3 Å². The summed E-state index contributed by atoms with van der Waals surface area (Å²) in [4.78, 5) is 29.0. The number of H-pyrrole nitrogens is 1. The van der Waals surface area contributed by atoms with Gasteiger partial charge in [0.05, 0.1) is 16.6 Å². The van der Waals surface area contributed by atoms with E-state index in [2.05, 4.69) is 16.4 Å². The number of carbonyl (C=O) groups excluding carboxylic acids is 1. The number of aryl methyl sites for hydroxylation is 2. The third-order valence-electron chi connectivity index (χ3n) is 5.32. The predicted octanol–water partition coefficient (Wildman–Crippen LogP) is 3.39. The summed E-state index contributed by atoms with van der Waals surface area (Å²) in [6.07, 6.45) is 3.19. The molecule has 0 saturated heterocycles. The van der Waals surface area contributed by atoms with E-state index in [1.807, 2.05) is 36.4 Å². The number of carbonyl (C=O) groups is 1. The lowest BCUT2D eigenvalue weighted by Gasteiger charge is -2.08. The Bertz CT molecular complexity index is 1370. The number of aromatic amines is 1. The fourth-order valence-corrected chi connectivity index (χ4v) is 3.97. The van der Waals surface area contributed by atoms with E-state index in [0.717, 1.165) is 24.8 Å². The first-order valence-corrected chi connectivity index (χ1v) is 9.15. The largest absolute Gasteiger partial charge is 0.338 e.